The summed E-state index contributed by atoms with van der Waals surface area (Å²) in [5, 5.41) is 10.1. The Morgan fingerprint density at radius 2 is 2.12 bits per heavy atom. The van der Waals surface area contributed by atoms with Gasteiger partial charge in [0.05, 0.1) is 6.61 Å². The maximum Gasteiger partial charge on any atom is 0.186 e. The number of unbranched alkanes of at least 4 members (excludes halogenated alkanes) is 1. The van der Waals surface area contributed by atoms with Crippen LogP contribution in [0.1, 0.15) is 33.6 Å². The maximum atomic E-state index is 10.1. The maximum absolute atomic E-state index is 10.1. The van der Waals surface area contributed by atoms with Crippen molar-refractivity contribution in [3.05, 3.63) is 0 Å². The van der Waals surface area contributed by atoms with Crippen LogP contribution in [0.3, 0.4) is 0 Å². The lowest BCUT2D eigenvalue weighted by molar-refractivity contribution is -0.251. The first-order chi connectivity index (χ1) is 8.03. The highest BCUT2D eigenvalue weighted by molar-refractivity contribution is 4.91. The highest BCUT2D eigenvalue weighted by atomic mass is 16.8. The molecule has 2 heterocycles. The summed E-state index contributed by atoms with van der Waals surface area (Å²) in [6.45, 7) is 6.77. The van der Waals surface area contributed by atoms with Crippen molar-refractivity contribution in [2.45, 2.75) is 64.0 Å². The molecule has 5 nitrogen and oxygen atoms in total. The van der Waals surface area contributed by atoms with Crippen molar-refractivity contribution in [3.8, 4) is 0 Å². The average Bonchev–Trinajstić information content (AvgIpc) is 2.58. The summed E-state index contributed by atoms with van der Waals surface area (Å²) < 4.78 is 22.3. The van der Waals surface area contributed by atoms with Crippen LogP contribution in [0.2, 0.25) is 0 Å². The van der Waals surface area contributed by atoms with Crippen LogP contribution in [-0.4, -0.2) is 48.7 Å². The first-order valence-corrected chi connectivity index (χ1v) is 6.30. The van der Waals surface area contributed by atoms with Gasteiger partial charge in [0.2, 0.25) is 0 Å². The third kappa shape index (κ3) is 2.98. The van der Waals surface area contributed by atoms with Gasteiger partial charge in [0.1, 0.15) is 18.3 Å². The number of rotatable bonds is 4. The molecular formula is C12H22O5. The van der Waals surface area contributed by atoms with Crippen molar-refractivity contribution in [2.75, 3.05) is 13.2 Å². The molecule has 0 aromatic rings. The van der Waals surface area contributed by atoms with Gasteiger partial charge in [0.25, 0.3) is 0 Å². The van der Waals surface area contributed by atoms with Gasteiger partial charge in [-0.1, -0.05) is 13.3 Å². The Bertz CT molecular complexity index is 255. The van der Waals surface area contributed by atoms with Crippen molar-refractivity contribution in [3.63, 3.8) is 0 Å². The zero-order valence-corrected chi connectivity index (χ0v) is 10.7. The molecule has 2 fully saturated rings. The van der Waals surface area contributed by atoms with Crippen molar-refractivity contribution < 1.29 is 24.1 Å². The van der Waals surface area contributed by atoms with E-state index in [0.717, 1.165) is 12.8 Å². The predicted molar refractivity (Wildman–Crippen MR) is 60.4 cm³/mol. The van der Waals surface area contributed by atoms with Crippen LogP contribution in [0, 0.1) is 0 Å². The summed E-state index contributed by atoms with van der Waals surface area (Å²) in [7, 11) is 0. The SMILES string of the molecule is CCCCOC1OCC2OC(C)(C)OC2C1O. The average molecular weight is 246 g/mol. The highest BCUT2D eigenvalue weighted by Gasteiger charge is 2.50. The first kappa shape index (κ1) is 13.2. The van der Waals surface area contributed by atoms with E-state index in [4.69, 9.17) is 18.9 Å². The number of ether oxygens (including phenoxy) is 4. The molecule has 0 saturated carbocycles. The molecule has 4 atom stereocenters. The van der Waals surface area contributed by atoms with Crippen molar-refractivity contribution >= 4 is 0 Å². The van der Waals surface area contributed by atoms with E-state index >= 15 is 0 Å². The van der Waals surface area contributed by atoms with E-state index in [1.54, 1.807) is 0 Å². The molecule has 1 N–H and O–H groups in total. The van der Waals surface area contributed by atoms with E-state index in [2.05, 4.69) is 6.92 Å². The molecule has 0 amide bonds. The fourth-order valence-electron chi connectivity index (χ4n) is 2.22. The molecule has 2 aliphatic heterocycles. The molecular weight excluding hydrogens is 224 g/mol. The van der Waals surface area contributed by atoms with Crippen LogP contribution in [0.5, 0.6) is 0 Å². The van der Waals surface area contributed by atoms with Gasteiger partial charge in [-0.2, -0.15) is 0 Å². The zero-order valence-electron chi connectivity index (χ0n) is 10.7. The first-order valence-electron chi connectivity index (χ1n) is 6.30. The standard InChI is InChI=1S/C12H22O5/c1-4-5-6-14-11-9(13)10-8(7-15-11)16-12(2,3)17-10/h8-11,13H,4-7H2,1-3H3. The Kier molecular flexibility index (Phi) is 4.05. The molecule has 0 aliphatic carbocycles. The summed E-state index contributed by atoms with van der Waals surface area (Å²) in [6.07, 6.45) is 0.0782. The van der Waals surface area contributed by atoms with Gasteiger partial charge in [0.15, 0.2) is 12.1 Å². The summed E-state index contributed by atoms with van der Waals surface area (Å²) in [5.41, 5.74) is 0. The molecule has 5 heteroatoms. The third-order valence-corrected chi connectivity index (χ3v) is 3.04. The van der Waals surface area contributed by atoms with Crippen molar-refractivity contribution in [2.24, 2.45) is 0 Å². The van der Waals surface area contributed by atoms with Gasteiger partial charge in [-0.3, -0.25) is 0 Å². The third-order valence-electron chi connectivity index (χ3n) is 3.04. The molecule has 0 radical (unpaired) electrons. The summed E-state index contributed by atoms with van der Waals surface area (Å²) in [5.74, 6) is -0.655. The number of fused-ring (bicyclic) bond motifs is 1. The smallest absolute Gasteiger partial charge is 0.186 e. The van der Waals surface area contributed by atoms with E-state index in [0.29, 0.717) is 13.2 Å². The topological polar surface area (TPSA) is 57.2 Å². The van der Waals surface area contributed by atoms with Crippen LogP contribution in [0.15, 0.2) is 0 Å². The van der Waals surface area contributed by atoms with E-state index < -0.39 is 18.2 Å². The normalized spacial score (nSPS) is 40.2. The number of hydrogen-bond donors (Lipinski definition) is 1. The van der Waals surface area contributed by atoms with E-state index in [1.807, 2.05) is 13.8 Å². The monoisotopic (exact) mass is 246 g/mol. The Balaban J connectivity index is 1.89. The molecule has 0 aromatic heterocycles. The van der Waals surface area contributed by atoms with Crippen molar-refractivity contribution in [1.82, 2.24) is 0 Å². The van der Waals surface area contributed by atoms with Gasteiger partial charge >= 0.3 is 0 Å². The lowest BCUT2D eigenvalue weighted by atomic mass is 10.1. The molecule has 2 rings (SSSR count). The number of aliphatic hydroxyl groups excluding tert-OH is 1. The van der Waals surface area contributed by atoms with Gasteiger partial charge in [-0.05, 0) is 20.3 Å². The fourth-order valence-corrected chi connectivity index (χ4v) is 2.22. The second kappa shape index (κ2) is 5.20. The molecule has 100 valence electrons. The minimum absolute atomic E-state index is 0.203. The lowest BCUT2D eigenvalue weighted by Crippen LogP contribution is -2.52. The van der Waals surface area contributed by atoms with Gasteiger partial charge in [-0.15, -0.1) is 0 Å². The van der Waals surface area contributed by atoms with Gasteiger partial charge in [-0.25, -0.2) is 0 Å². The summed E-state index contributed by atoms with van der Waals surface area (Å²) >= 11 is 0. The quantitative estimate of drug-likeness (QED) is 0.751. The van der Waals surface area contributed by atoms with Gasteiger partial charge < -0.3 is 24.1 Å². The van der Waals surface area contributed by atoms with E-state index in [9.17, 15) is 5.11 Å². The summed E-state index contributed by atoms with van der Waals surface area (Å²) in [6, 6.07) is 0. The predicted octanol–water partition coefficient (Wildman–Crippen LogP) is 1.04. The second-order valence-electron chi connectivity index (χ2n) is 5.06. The molecule has 0 aromatic carbocycles. The zero-order chi connectivity index (χ0) is 12.5. The Morgan fingerprint density at radius 3 is 2.82 bits per heavy atom. The molecule has 2 saturated heterocycles. The molecule has 0 bridgehead atoms. The fraction of sp³-hybridized carbons (Fsp3) is 1.00. The van der Waals surface area contributed by atoms with Crippen LogP contribution in [0.4, 0.5) is 0 Å². The molecule has 2 aliphatic rings. The number of hydrogen-bond acceptors (Lipinski definition) is 5. The Hall–Kier alpha value is -0.200. The largest absolute Gasteiger partial charge is 0.385 e. The van der Waals surface area contributed by atoms with Crippen LogP contribution < -0.4 is 0 Å². The second-order valence-corrected chi connectivity index (χ2v) is 5.06. The minimum atomic E-state index is -0.785. The van der Waals surface area contributed by atoms with E-state index in [1.165, 1.54) is 0 Å². The van der Waals surface area contributed by atoms with Crippen molar-refractivity contribution in [1.29, 1.82) is 0 Å². The Labute approximate surface area is 102 Å². The molecule has 4 unspecified atom stereocenters. The Morgan fingerprint density at radius 1 is 1.35 bits per heavy atom. The van der Waals surface area contributed by atoms with E-state index in [-0.39, 0.29) is 12.2 Å². The summed E-state index contributed by atoms with van der Waals surface area (Å²) in [4.78, 5) is 0. The van der Waals surface area contributed by atoms with Crippen LogP contribution in [-0.2, 0) is 18.9 Å². The lowest BCUT2D eigenvalue weighted by Gasteiger charge is -2.34. The van der Waals surface area contributed by atoms with Crippen LogP contribution in [0.25, 0.3) is 0 Å². The minimum Gasteiger partial charge on any atom is -0.385 e. The van der Waals surface area contributed by atoms with Gasteiger partial charge in [0, 0.05) is 6.61 Å². The highest BCUT2D eigenvalue weighted by Crippen LogP contribution is 2.34. The van der Waals surface area contributed by atoms with Crippen LogP contribution >= 0.6 is 0 Å². The molecule has 0 spiro atoms. The number of aliphatic hydroxyl groups is 1. The molecule has 17 heavy (non-hydrogen) atoms.